The van der Waals surface area contributed by atoms with E-state index in [0.29, 0.717) is 24.0 Å². The molecule has 25 heavy (non-hydrogen) atoms. The number of hydrogen-bond donors (Lipinski definition) is 1. The Bertz CT molecular complexity index is 799. The van der Waals surface area contributed by atoms with Crippen molar-refractivity contribution in [3.8, 4) is 6.07 Å². The summed E-state index contributed by atoms with van der Waals surface area (Å²) in [7, 11) is 0. The Morgan fingerprint density at radius 2 is 1.96 bits per heavy atom. The molecule has 2 rings (SSSR count). The SMILES string of the molecule is CCN(CC)CCNC(=O)C(=O)c1cn(C(C)C#N)c2ccccc12. The predicted molar refractivity (Wildman–Crippen MR) is 97.4 cm³/mol. The van der Waals surface area contributed by atoms with Gasteiger partial charge in [0, 0.05) is 30.2 Å². The Labute approximate surface area is 148 Å². The summed E-state index contributed by atoms with van der Waals surface area (Å²) in [6.07, 6.45) is 1.60. The average Bonchev–Trinajstić information content (AvgIpc) is 3.03. The molecular weight excluding hydrogens is 316 g/mol. The molecule has 1 atom stereocenters. The van der Waals surface area contributed by atoms with Crippen molar-refractivity contribution in [2.75, 3.05) is 26.2 Å². The third-order valence-corrected chi connectivity index (χ3v) is 4.40. The number of ketones is 1. The van der Waals surface area contributed by atoms with Crippen molar-refractivity contribution < 1.29 is 9.59 Å². The molecule has 0 aliphatic rings. The molecule has 0 spiro atoms. The van der Waals surface area contributed by atoms with Crippen LogP contribution in [0.5, 0.6) is 0 Å². The standard InChI is InChI=1S/C19H24N4O2/c1-4-22(5-2)11-10-21-19(25)18(24)16-13-23(14(3)12-20)17-9-7-6-8-15(16)17/h6-9,13-14H,4-5,10-11H2,1-3H3,(H,21,25). The minimum atomic E-state index is -0.611. The highest BCUT2D eigenvalue weighted by atomic mass is 16.2. The molecule has 2 aromatic rings. The number of benzene rings is 1. The number of likely N-dealkylation sites (N-methyl/N-ethyl adjacent to an activating group) is 1. The summed E-state index contributed by atoms with van der Waals surface area (Å²) in [5.41, 5.74) is 1.11. The zero-order valence-corrected chi connectivity index (χ0v) is 15.0. The number of fused-ring (bicyclic) bond motifs is 1. The minimum Gasteiger partial charge on any atom is -0.348 e. The van der Waals surface area contributed by atoms with Crippen LogP contribution in [0, 0.1) is 11.3 Å². The van der Waals surface area contributed by atoms with Crippen LogP contribution in [0.3, 0.4) is 0 Å². The van der Waals surface area contributed by atoms with Crippen LogP contribution in [0.15, 0.2) is 30.5 Å². The molecule has 0 radical (unpaired) electrons. The highest BCUT2D eigenvalue weighted by Crippen LogP contribution is 2.25. The van der Waals surface area contributed by atoms with Crippen LogP contribution >= 0.6 is 0 Å². The zero-order valence-electron chi connectivity index (χ0n) is 15.0. The summed E-state index contributed by atoms with van der Waals surface area (Å²) in [4.78, 5) is 27.0. The number of carbonyl (C=O) groups is 2. The smallest absolute Gasteiger partial charge is 0.292 e. The third-order valence-electron chi connectivity index (χ3n) is 4.40. The van der Waals surface area contributed by atoms with Gasteiger partial charge >= 0.3 is 0 Å². The first-order valence-corrected chi connectivity index (χ1v) is 8.57. The van der Waals surface area contributed by atoms with Crippen molar-refractivity contribution in [1.29, 1.82) is 5.26 Å². The van der Waals surface area contributed by atoms with Gasteiger partial charge in [-0.1, -0.05) is 32.0 Å². The second-order valence-corrected chi connectivity index (χ2v) is 5.88. The van der Waals surface area contributed by atoms with Crippen molar-refractivity contribution in [2.24, 2.45) is 0 Å². The number of rotatable bonds is 8. The minimum absolute atomic E-state index is 0.332. The summed E-state index contributed by atoms with van der Waals surface area (Å²) in [5.74, 6) is -1.18. The van der Waals surface area contributed by atoms with Gasteiger partial charge in [0.05, 0.1) is 11.6 Å². The molecule has 1 heterocycles. The maximum absolute atomic E-state index is 12.6. The van der Waals surface area contributed by atoms with Gasteiger partial charge in [-0.05, 0) is 26.1 Å². The number of nitriles is 1. The van der Waals surface area contributed by atoms with Gasteiger partial charge in [-0.25, -0.2) is 0 Å². The third kappa shape index (κ3) is 4.06. The van der Waals surface area contributed by atoms with Gasteiger partial charge in [-0.2, -0.15) is 5.26 Å². The lowest BCUT2D eigenvalue weighted by Crippen LogP contribution is -2.37. The first kappa shape index (κ1) is 18.7. The highest BCUT2D eigenvalue weighted by molar-refractivity contribution is 6.45. The van der Waals surface area contributed by atoms with Crippen molar-refractivity contribution in [1.82, 2.24) is 14.8 Å². The van der Waals surface area contributed by atoms with E-state index in [9.17, 15) is 14.9 Å². The van der Waals surface area contributed by atoms with E-state index in [1.807, 2.05) is 18.2 Å². The van der Waals surface area contributed by atoms with Crippen LogP contribution in [-0.4, -0.2) is 47.3 Å². The summed E-state index contributed by atoms with van der Waals surface area (Å²) < 4.78 is 1.73. The lowest BCUT2D eigenvalue weighted by molar-refractivity contribution is -0.117. The molecule has 1 unspecified atom stereocenters. The van der Waals surface area contributed by atoms with Gasteiger partial charge < -0.3 is 14.8 Å². The number of nitrogens with zero attached hydrogens (tertiary/aromatic N) is 3. The zero-order chi connectivity index (χ0) is 18.4. The first-order chi connectivity index (χ1) is 12.0. The molecular formula is C19H24N4O2. The number of carbonyl (C=O) groups excluding carboxylic acids is 2. The van der Waals surface area contributed by atoms with Crippen LogP contribution in [0.4, 0.5) is 0 Å². The quantitative estimate of drug-likeness (QED) is 0.591. The molecule has 0 saturated carbocycles. The van der Waals surface area contributed by atoms with Crippen LogP contribution in [0.2, 0.25) is 0 Å². The topological polar surface area (TPSA) is 78.1 Å². The predicted octanol–water partition coefficient (Wildman–Crippen LogP) is 2.37. The molecule has 6 nitrogen and oxygen atoms in total. The van der Waals surface area contributed by atoms with E-state index in [1.54, 1.807) is 23.8 Å². The molecule has 132 valence electrons. The maximum Gasteiger partial charge on any atom is 0.292 e. The number of amides is 1. The van der Waals surface area contributed by atoms with Crippen LogP contribution < -0.4 is 5.32 Å². The van der Waals surface area contributed by atoms with Crippen molar-refractivity contribution in [3.05, 3.63) is 36.0 Å². The lowest BCUT2D eigenvalue weighted by Gasteiger charge is -2.17. The van der Waals surface area contributed by atoms with E-state index < -0.39 is 17.7 Å². The van der Waals surface area contributed by atoms with Crippen molar-refractivity contribution in [3.63, 3.8) is 0 Å². The fourth-order valence-electron chi connectivity index (χ4n) is 2.84. The van der Waals surface area contributed by atoms with Gasteiger partial charge in [0.1, 0.15) is 6.04 Å². The molecule has 1 aromatic heterocycles. The largest absolute Gasteiger partial charge is 0.348 e. The number of Topliss-reactive ketones (excluding diaryl/α,β-unsaturated/α-hetero) is 1. The van der Waals surface area contributed by atoms with Gasteiger partial charge in [-0.3, -0.25) is 9.59 Å². The van der Waals surface area contributed by atoms with E-state index in [2.05, 4.69) is 30.1 Å². The highest BCUT2D eigenvalue weighted by Gasteiger charge is 2.22. The average molecular weight is 340 g/mol. The monoisotopic (exact) mass is 340 g/mol. The van der Waals surface area contributed by atoms with E-state index in [-0.39, 0.29) is 0 Å². The number of hydrogen-bond acceptors (Lipinski definition) is 4. The fraction of sp³-hybridized carbons (Fsp3) is 0.421. The number of nitrogens with one attached hydrogen (secondary N) is 1. The summed E-state index contributed by atoms with van der Waals surface area (Å²) >= 11 is 0. The molecule has 1 amide bonds. The Kier molecular flexibility index (Phi) is 6.31. The van der Waals surface area contributed by atoms with E-state index in [4.69, 9.17) is 0 Å². The normalized spacial score (nSPS) is 12.1. The fourth-order valence-corrected chi connectivity index (χ4v) is 2.84. The molecule has 0 aliphatic carbocycles. The van der Waals surface area contributed by atoms with Crippen LogP contribution in [0.1, 0.15) is 37.2 Å². The van der Waals surface area contributed by atoms with Crippen molar-refractivity contribution in [2.45, 2.75) is 26.8 Å². The van der Waals surface area contributed by atoms with Gasteiger partial charge in [0.2, 0.25) is 0 Å². The molecule has 1 N–H and O–H groups in total. The maximum atomic E-state index is 12.6. The summed E-state index contributed by atoms with van der Waals surface area (Å²) in [6.45, 7) is 8.81. The Morgan fingerprint density at radius 3 is 2.60 bits per heavy atom. The Balaban J connectivity index is 2.19. The van der Waals surface area contributed by atoms with Gasteiger partial charge in [0.25, 0.3) is 11.7 Å². The molecule has 0 saturated heterocycles. The second-order valence-electron chi connectivity index (χ2n) is 5.88. The van der Waals surface area contributed by atoms with Gasteiger partial charge in [-0.15, -0.1) is 0 Å². The lowest BCUT2D eigenvalue weighted by atomic mass is 10.1. The van der Waals surface area contributed by atoms with E-state index >= 15 is 0 Å². The molecule has 6 heteroatoms. The van der Waals surface area contributed by atoms with Crippen LogP contribution in [-0.2, 0) is 4.79 Å². The Hall–Kier alpha value is -2.65. The van der Waals surface area contributed by atoms with Crippen LogP contribution in [0.25, 0.3) is 10.9 Å². The first-order valence-electron chi connectivity index (χ1n) is 8.57. The summed E-state index contributed by atoms with van der Waals surface area (Å²) in [5, 5.41) is 12.6. The van der Waals surface area contributed by atoms with Crippen molar-refractivity contribution >= 4 is 22.6 Å². The van der Waals surface area contributed by atoms with E-state index in [0.717, 1.165) is 18.6 Å². The Morgan fingerprint density at radius 1 is 1.28 bits per heavy atom. The molecule has 0 aliphatic heterocycles. The van der Waals surface area contributed by atoms with Gasteiger partial charge in [0.15, 0.2) is 0 Å². The number of aromatic nitrogens is 1. The molecule has 0 bridgehead atoms. The molecule has 1 aromatic carbocycles. The summed E-state index contributed by atoms with van der Waals surface area (Å²) in [6, 6.07) is 9.05. The number of para-hydroxylation sites is 1. The molecule has 0 fully saturated rings. The second kappa shape index (κ2) is 8.45. The van der Waals surface area contributed by atoms with E-state index in [1.165, 1.54) is 0 Å².